The number of halogens is 4. The Labute approximate surface area is 314 Å². The minimum absolute atomic E-state index is 0.0324. The van der Waals surface area contributed by atoms with Gasteiger partial charge in [-0.25, -0.2) is 34.3 Å². The molecule has 2 aliphatic heterocycles. The van der Waals surface area contributed by atoms with Crippen molar-refractivity contribution in [2.24, 2.45) is 0 Å². The molecule has 0 radical (unpaired) electrons. The molecule has 0 saturated carbocycles. The van der Waals surface area contributed by atoms with E-state index in [0.29, 0.717) is 39.9 Å². The highest BCUT2D eigenvalue weighted by Crippen LogP contribution is 2.48. The standard InChI is InChI=1S/C40H30F4N8O4/c1-5-53-31-29-27(18-28(55-40(4,43)44)30(31)54-19(2)41)36-47-32-21-12-6-8-14-23(21)34(45-32)50-38-25-16-10-11-17-26(25)39(52(38)56-20(3)42)51-35-24-15-9-7-13-22(24)33(46-35)48-37(29)49-36/h6-20H,5H2,1-4H3,(H,45,46,47,48,49,50,51). The average molecular weight is 763 g/mol. The molecule has 0 fully saturated rings. The van der Waals surface area contributed by atoms with Gasteiger partial charge in [0, 0.05) is 59.2 Å². The van der Waals surface area contributed by atoms with Crippen LogP contribution in [-0.2, 0) is 0 Å². The predicted molar refractivity (Wildman–Crippen MR) is 200 cm³/mol. The zero-order valence-corrected chi connectivity index (χ0v) is 30.1. The molecule has 0 saturated heterocycles. The largest absolute Gasteiger partial charge is 0.489 e. The second-order valence-electron chi connectivity index (χ2n) is 13.0. The van der Waals surface area contributed by atoms with Gasteiger partial charge >= 0.3 is 6.11 Å². The summed E-state index contributed by atoms with van der Waals surface area (Å²) < 4.78 is 76.3. The lowest BCUT2D eigenvalue weighted by Crippen LogP contribution is -2.20. The van der Waals surface area contributed by atoms with Gasteiger partial charge in [-0.1, -0.05) is 72.8 Å². The van der Waals surface area contributed by atoms with Crippen molar-refractivity contribution in [3.05, 3.63) is 78.9 Å². The summed E-state index contributed by atoms with van der Waals surface area (Å²) in [6, 6.07) is 23.0. The van der Waals surface area contributed by atoms with E-state index in [1.807, 2.05) is 60.7 Å². The van der Waals surface area contributed by atoms with Crippen molar-refractivity contribution in [2.75, 3.05) is 6.61 Å². The summed E-state index contributed by atoms with van der Waals surface area (Å²) in [5.74, 6) is -0.140. The molecule has 5 heterocycles. The molecule has 0 amide bonds. The van der Waals surface area contributed by atoms with E-state index in [9.17, 15) is 17.6 Å². The Hall–Kier alpha value is -6.84. The van der Waals surface area contributed by atoms with E-state index in [1.54, 1.807) is 19.1 Å². The van der Waals surface area contributed by atoms with Crippen molar-refractivity contribution in [3.63, 3.8) is 0 Å². The van der Waals surface area contributed by atoms with Crippen molar-refractivity contribution in [3.8, 4) is 62.8 Å². The van der Waals surface area contributed by atoms with Crippen LogP contribution in [0.4, 0.5) is 17.6 Å². The van der Waals surface area contributed by atoms with Gasteiger partial charge in [0.2, 0.25) is 12.1 Å². The molecule has 8 bridgehead atoms. The number of nitrogens with one attached hydrogen (secondary N) is 1. The quantitative estimate of drug-likeness (QED) is 0.149. The maximum atomic E-state index is 14.9. The molecule has 9 rings (SSSR count). The summed E-state index contributed by atoms with van der Waals surface area (Å²) in [4.78, 5) is 38.4. The van der Waals surface area contributed by atoms with Crippen molar-refractivity contribution in [1.82, 2.24) is 39.6 Å². The molecule has 56 heavy (non-hydrogen) atoms. The number of rotatable bonds is 8. The van der Waals surface area contributed by atoms with Crippen molar-refractivity contribution in [2.45, 2.75) is 46.5 Å². The highest BCUT2D eigenvalue weighted by atomic mass is 19.3. The molecule has 12 nitrogen and oxygen atoms in total. The van der Waals surface area contributed by atoms with E-state index < -0.39 is 30.3 Å². The van der Waals surface area contributed by atoms with Gasteiger partial charge in [0.1, 0.15) is 11.3 Å². The Bertz CT molecular complexity index is 2890. The molecule has 2 atom stereocenters. The van der Waals surface area contributed by atoms with Gasteiger partial charge in [0.25, 0.3) is 6.36 Å². The predicted octanol–water partition coefficient (Wildman–Crippen LogP) is 9.17. The fourth-order valence-electron chi connectivity index (χ4n) is 6.87. The number of aromatic nitrogens is 8. The zero-order valence-electron chi connectivity index (χ0n) is 30.1. The van der Waals surface area contributed by atoms with Crippen LogP contribution < -0.4 is 19.0 Å². The van der Waals surface area contributed by atoms with Crippen LogP contribution in [0.5, 0.6) is 17.2 Å². The molecule has 3 aromatic heterocycles. The number of nitrogens with zero attached hydrogens (tertiary/aromatic N) is 7. The first-order chi connectivity index (χ1) is 27.0. The third-order valence-electron chi connectivity index (χ3n) is 8.93. The average Bonchev–Trinajstić information content (AvgIpc) is 3.87. The summed E-state index contributed by atoms with van der Waals surface area (Å²) in [6.45, 7) is 4.61. The smallest absolute Gasteiger partial charge is 0.395 e. The summed E-state index contributed by atoms with van der Waals surface area (Å²) in [7, 11) is 0. The first-order valence-corrected chi connectivity index (χ1v) is 17.6. The van der Waals surface area contributed by atoms with Gasteiger partial charge in [0.15, 0.2) is 46.1 Å². The summed E-state index contributed by atoms with van der Waals surface area (Å²) >= 11 is 0. The third kappa shape index (κ3) is 5.93. The normalized spacial score (nSPS) is 13.3. The Morgan fingerprint density at radius 3 is 1.64 bits per heavy atom. The Morgan fingerprint density at radius 1 is 0.661 bits per heavy atom. The molecule has 1 N–H and O–H groups in total. The first kappa shape index (κ1) is 34.9. The van der Waals surface area contributed by atoms with E-state index >= 15 is 0 Å². The number of ether oxygens (including phenoxy) is 3. The van der Waals surface area contributed by atoms with Gasteiger partial charge in [-0.05, 0) is 13.0 Å². The Morgan fingerprint density at radius 2 is 1.16 bits per heavy atom. The number of fused-ring (bicyclic) bond motifs is 20. The monoisotopic (exact) mass is 762 g/mol. The van der Waals surface area contributed by atoms with Crippen LogP contribution in [0.25, 0.3) is 89.7 Å². The molecule has 2 aliphatic rings. The first-order valence-electron chi connectivity index (χ1n) is 17.6. The van der Waals surface area contributed by atoms with Gasteiger partial charge in [0.05, 0.1) is 12.0 Å². The summed E-state index contributed by atoms with van der Waals surface area (Å²) in [5, 5.41) is 1.65. The maximum Gasteiger partial charge on any atom is 0.395 e. The SMILES string of the molecule is CCOc1c(OC(C)F)c(OC(C)(F)F)cc2c3nc4nc(nc5c6ccccc6c(nc6nc(nc([nH]3)c12)-c1ccccc1-6)n5OC(C)F)-c1ccccc1-4. The number of benzene rings is 4. The molecular formula is C40H30F4N8O4. The van der Waals surface area contributed by atoms with Gasteiger partial charge in [-0.2, -0.15) is 13.2 Å². The fourth-order valence-corrected chi connectivity index (χ4v) is 6.87. The Kier molecular flexibility index (Phi) is 8.21. The van der Waals surface area contributed by atoms with E-state index in [-0.39, 0.29) is 69.0 Å². The second-order valence-corrected chi connectivity index (χ2v) is 13.0. The number of alkyl halides is 4. The van der Waals surface area contributed by atoms with E-state index in [0.717, 1.165) is 6.92 Å². The lowest BCUT2D eigenvalue weighted by atomic mass is 10.1. The highest BCUT2D eigenvalue weighted by Gasteiger charge is 2.31. The molecule has 16 heteroatoms. The lowest BCUT2D eigenvalue weighted by molar-refractivity contribution is -0.160. The molecule has 4 aromatic carbocycles. The van der Waals surface area contributed by atoms with Crippen LogP contribution in [0.15, 0.2) is 78.9 Å². The fraction of sp³-hybridized carbons (Fsp3) is 0.200. The number of hydrogen-bond acceptors (Lipinski definition) is 10. The summed E-state index contributed by atoms with van der Waals surface area (Å²) in [6.07, 6.45) is -7.40. The lowest BCUT2D eigenvalue weighted by Gasteiger charge is -2.20. The van der Waals surface area contributed by atoms with E-state index in [1.165, 1.54) is 17.7 Å². The van der Waals surface area contributed by atoms with Crippen LogP contribution in [0, 0.1) is 0 Å². The molecule has 0 spiro atoms. The molecule has 0 aliphatic carbocycles. The van der Waals surface area contributed by atoms with E-state index in [4.69, 9.17) is 49.0 Å². The number of aromatic amines is 1. The maximum absolute atomic E-state index is 14.9. The number of hydrogen-bond donors (Lipinski definition) is 1. The van der Waals surface area contributed by atoms with Gasteiger partial charge < -0.3 is 24.0 Å². The molecular weight excluding hydrogens is 732 g/mol. The molecule has 7 aromatic rings. The second kappa shape index (κ2) is 13.2. The van der Waals surface area contributed by atoms with E-state index in [2.05, 4.69) is 4.98 Å². The zero-order chi connectivity index (χ0) is 38.9. The van der Waals surface area contributed by atoms with Crippen LogP contribution >= 0.6 is 0 Å². The Balaban J connectivity index is 1.51. The van der Waals surface area contributed by atoms with Crippen LogP contribution in [-0.4, -0.2) is 65.0 Å². The van der Waals surface area contributed by atoms with Crippen LogP contribution in [0.2, 0.25) is 0 Å². The summed E-state index contributed by atoms with van der Waals surface area (Å²) in [5.41, 5.74) is 3.08. The van der Waals surface area contributed by atoms with Crippen LogP contribution in [0.3, 0.4) is 0 Å². The van der Waals surface area contributed by atoms with Crippen molar-refractivity contribution < 1.29 is 36.6 Å². The van der Waals surface area contributed by atoms with Gasteiger partial charge in [-0.15, -0.1) is 4.73 Å². The van der Waals surface area contributed by atoms with Crippen molar-refractivity contribution in [1.29, 1.82) is 0 Å². The number of H-pyrrole nitrogens is 1. The van der Waals surface area contributed by atoms with Gasteiger partial charge in [-0.3, -0.25) is 0 Å². The molecule has 282 valence electrons. The minimum atomic E-state index is -3.69. The molecule has 2 unspecified atom stereocenters. The third-order valence-corrected chi connectivity index (χ3v) is 8.93. The topological polar surface area (TPSA) is 135 Å². The highest BCUT2D eigenvalue weighted by molar-refractivity contribution is 6.11. The van der Waals surface area contributed by atoms with Crippen LogP contribution in [0.1, 0.15) is 27.7 Å². The van der Waals surface area contributed by atoms with Crippen molar-refractivity contribution >= 4 is 44.1 Å². The minimum Gasteiger partial charge on any atom is -0.489 e.